The van der Waals surface area contributed by atoms with Gasteiger partial charge in [-0.2, -0.15) is 0 Å². The van der Waals surface area contributed by atoms with Crippen LogP contribution >= 0.6 is 0 Å². The van der Waals surface area contributed by atoms with Gasteiger partial charge in [0, 0.05) is 45.4 Å². The molecule has 196 valence electrons. The summed E-state index contributed by atoms with van der Waals surface area (Å²) in [5, 5.41) is 18.0. The molecular weight excluding hydrogens is 482 g/mol. The molecule has 10 heteroatoms. The SMILES string of the molecule is CN1CCCNc2ncnc3[nH]c(O)c(c23)C=Nc2ccc(NCc3ccccc3)c(c2)OCCCC1=O. The van der Waals surface area contributed by atoms with E-state index >= 15 is 0 Å². The summed E-state index contributed by atoms with van der Waals surface area (Å²) in [4.78, 5) is 30.5. The maximum Gasteiger partial charge on any atom is 0.222 e. The van der Waals surface area contributed by atoms with E-state index < -0.39 is 0 Å². The standard InChI is InChI=1S/C28H31N7O3/c1-35-13-6-12-29-26-25-21(28(37)34-27(25)33-18-32-26)17-30-20-10-11-22(31-16-19-7-3-2-4-8-19)23(15-20)38-14-5-9-24(35)36/h2-4,7-8,10-11,15,17-18,31,37H,5-6,9,12-14,16H2,1H3,(H2,29,32,33,34). The zero-order chi connectivity index (χ0) is 26.3. The van der Waals surface area contributed by atoms with Crippen LogP contribution in [-0.2, 0) is 11.3 Å². The minimum Gasteiger partial charge on any atom is -0.494 e. The van der Waals surface area contributed by atoms with E-state index in [2.05, 4.69) is 42.7 Å². The summed E-state index contributed by atoms with van der Waals surface area (Å²) >= 11 is 0. The Bertz CT molecular complexity index is 1440. The van der Waals surface area contributed by atoms with Crippen LogP contribution in [0.25, 0.3) is 11.0 Å². The molecule has 4 N–H and O–H groups in total. The number of aromatic amines is 1. The molecule has 0 atom stereocenters. The zero-order valence-corrected chi connectivity index (χ0v) is 21.3. The molecule has 0 fully saturated rings. The number of H-pyrrole nitrogens is 1. The highest BCUT2D eigenvalue weighted by atomic mass is 16.5. The maximum absolute atomic E-state index is 12.6. The van der Waals surface area contributed by atoms with E-state index in [0.717, 1.165) is 17.7 Å². The smallest absolute Gasteiger partial charge is 0.222 e. The van der Waals surface area contributed by atoms with Crippen LogP contribution in [-0.4, -0.2) is 63.8 Å². The van der Waals surface area contributed by atoms with Gasteiger partial charge < -0.3 is 30.4 Å². The van der Waals surface area contributed by atoms with Gasteiger partial charge in [0.25, 0.3) is 0 Å². The first kappa shape index (κ1) is 25.1. The van der Waals surface area contributed by atoms with Crippen LogP contribution < -0.4 is 15.4 Å². The van der Waals surface area contributed by atoms with Gasteiger partial charge in [0.15, 0.2) is 5.88 Å². The van der Waals surface area contributed by atoms with E-state index in [1.807, 2.05) is 43.4 Å². The fourth-order valence-corrected chi connectivity index (χ4v) is 4.33. The molecule has 38 heavy (non-hydrogen) atoms. The molecule has 3 heterocycles. The van der Waals surface area contributed by atoms with Gasteiger partial charge in [-0.3, -0.25) is 9.79 Å². The highest BCUT2D eigenvalue weighted by molar-refractivity contribution is 6.06. The van der Waals surface area contributed by atoms with Gasteiger partial charge in [-0.15, -0.1) is 0 Å². The monoisotopic (exact) mass is 513 g/mol. The summed E-state index contributed by atoms with van der Waals surface area (Å²) in [5.41, 5.74) is 3.64. The number of aromatic hydroxyl groups is 1. The molecule has 2 aromatic carbocycles. The van der Waals surface area contributed by atoms with Gasteiger partial charge >= 0.3 is 0 Å². The van der Waals surface area contributed by atoms with Crippen molar-refractivity contribution in [1.82, 2.24) is 19.9 Å². The number of aromatic nitrogens is 3. The molecule has 1 aliphatic heterocycles. The summed E-state index contributed by atoms with van der Waals surface area (Å²) in [6, 6.07) is 15.8. The van der Waals surface area contributed by atoms with E-state index in [1.54, 1.807) is 11.1 Å². The van der Waals surface area contributed by atoms with Gasteiger partial charge in [-0.25, -0.2) is 9.97 Å². The third kappa shape index (κ3) is 5.86. The number of fused-ring (bicyclic) bond motifs is 2. The minimum absolute atomic E-state index is 0.0374. The van der Waals surface area contributed by atoms with Crippen molar-refractivity contribution in [2.75, 3.05) is 37.4 Å². The largest absolute Gasteiger partial charge is 0.494 e. The Morgan fingerprint density at radius 1 is 1.13 bits per heavy atom. The number of carbonyl (C=O) groups excluding carboxylic acids is 1. The summed E-state index contributed by atoms with van der Waals surface area (Å²) in [5.74, 6) is 1.28. The van der Waals surface area contributed by atoms with Gasteiger partial charge in [0.2, 0.25) is 5.91 Å². The molecule has 2 bridgehead atoms. The van der Waals surface area contributed by atoms with Gasteiger partial charge in [-0.1, -0.05) is 30.3 Å². The second-order valence-corrected chi connectivity index (χ2v) is 9.16. The fourth-order valence-electron chi connectivity index (χ4n) is 4.33. The quantitative estimate of drug-likeness (QED) is 0.318. The third-order valence-electron chi connectivity index (χ3n) is 6.42. The minimum atomic E-state index is -0.0374. The van der Waals surface area contributed by atoms with E-state index in [4.69, 9.17) is 4.74 Å². The Labute approximate surface area is 220 Å². The zero-order valence-electron chi connectivity index (χ0n) is 21.3. The first-order chi connectivity index (χ1) is 18.6. The summed E-state index contributed by atoms with van der Waals surface area (Å²) < 4.78 is 6.12. The number of rotatable bonds is 3. The molecule has 0 aliphatic carbocycles. The Morgan fingerprint density at radius 3 is 2.87 bits per heavy atom. The molecule has 2 aromatic heterocycles. The number of amides is 1. The molecule has 0 spiro atoms. The third-order valence-corrected chi connectivity index (χ3v) is 6.42. The van der Waals surface area contributed by atoms with Crippen molar-refractivity contribution >= 4 is 40.3 Å². The second kappa shape index (κ2) is 11.6. The Balaban J connectivity index is 1.47. The first-order valence-electron chi connectivity index (χ1n) is 12.7. The molecule has 5 rings (SSSR count). The number of anilines is 2. The molecule has 10 nitrogen and oxygen atoms in total. The van der Waals surface area contributed by atoms with E-state index in [9.17, 15) is 9.90 Å². The topological polar surface area (TPSA) is 128 Å². The number of hydrogen-bond donors (Lipinski definition) is 4. The fraction of sp³-hybridized carbons (Fsp3) is 0.286. The lowest BCUT2D eigenvalue weighted by Gasteiger charge is -2.18. The van der Waals surface area contributed by atoms with Crippen LogP contribution in [0.4, 0.5) is 17.2 Å². The van der Waals surface area contributed by atoms with Crippen LogP contribution in [0.15, 0.2) is 59.9 Å². The van der Waals surface area contributed by atoms with E-state index in [-0.39, 0.29) is 11.8 Å². The molecular formula is C28H31N7O3. The summed E-state index contributed by atoms with van der Waals surface area (Å²) in [7, 11) is 1.82. The van der Waals surface area contributed by atoms with Crippen LogP contribution in [0, 0.1) is 0 Å². The maximum atomic E-state index is 12.6. The summed E-state index contributed by atoms with van der Waals surface area (Å²) in [6.45, 7) is 2.26. The van der Waals surface area contributed by atoms with Crippen molar-refractivity contribution in [2.45, 2.75) is 25.8 Å². The lowest BCUT2D eigenvalue weighted by molar-refractivity contribution is -0.130. The second-order valence-electron chi connectivity index (χ2n) is 9.16. The lowest BCUT2D eigenvalue weighted by Crippen LogP contribution is -2.29. The van der Waals surface area contributed by atoms with Crippen molar-refractivity contribution < 1.29 is 14.6 Å². The number of ether oxygens (including phenoxy) is 1. The van der Waals surface area contributed by atoms with Gasteiger partial charge in [0.1, 0.15) is 23.5 Å². The Hall–Kier alpha value is -4.60. The highest BCUT2D eigenvalue weighted by Gasteiger charge is 2.16. The number of aliphatic imine (C=N–C) groups is 1. The van der Waals surface area contributed by atoms with Crippen molar-refractivity contribution in [3.8, 4) is 11.6 Å². The van der Waals surface area contributed by atoms with Crippen molar-refractivity contribution in [2.24, 2.45) is 4.99 Å². The predicted octanol–water partition coefficient (Wildman–Crippen LogP) is 4.46. The molecule has 0 radical (unpaired) electrons. The van der Waals surface area contributed by atoms with Gasteiger partial charge in [0.05, 0.1) is 28.9 Å². The molecule has 0 saturated carbocycles. The van der Waals surface area contributed by atoms with Crippen LogP contribution in [0.2, 0.25) is 0 Å². The van der Waals surface area contributed by atoms with E-state index in [1.165, 1.54) is 6.33 Å². The Morgan fingerprint density at radius 2 is 2.00 bits per heavy atom. The number of carbonyl (C=O) groups is 1. The van der Waals surface area contributed by atoms with Crippen molar-refractivity contribution in [3.63, 3.8) is 0 Å². The van der Waals surface area contributed by atoms with Crippen LogP contribution in [0.5, 0.6) is 11.6 Å². The van der Waals surface area contributed by atoms with Crippen molar-refractivity contribution in [1.29, 1.82) is 0 Å². The number of hydrogen-bond acceptors (Lipinski definition) is 8. The van der Waals surface area contributed by atoms with Gasteiger partial charge in [-0.05, 0) is 30.5 Å². The van der Waals surface area contributed by atoms with Crippen molar-refractivity contribution in [3.05, 3.63) is 66.0 Å². The Kier molecular flexibility index (Phi) is 7.67. The number of nitrogens with one attached hydrogen (secondary N) is 3. The highest BCUT2D eigenvalue weighted by Crippen LogP contribution is 2.32. The summed E-state index contributed by atoms with van der Waals surface area (Å²) in [6.07, 6.45) is 4.80. The van der Waals surface area contributed by atoms with Crippen LogP contribution in [0.3, 0.4) is 0 Å². The number of benzene rings is 2. The molecule has 1 amide bonds. The average molecular weight is 514 g/mol. The molecule has 0 unspecified atom stereocenters. The van der Waals surface area contributed by atoms with E-state index in [0.29, 0.717) is 72.9 Å². The normalized spacial score (nSPS) is 14.9. The molecule has 0 saturated heterocycles. The average Bonchev–Trinajstić information content (AvgIpc) is 3.26. The predicted molar refractivity (Wildman–Crippen MR) is 148 cm³/mol. The number of nitrogens with zero attached hydrogens (tertiary/aromatic N) is 4. The molecule has 4 aromatic rings. The van der Waals surface area contributed by atoms with Crippen LogP contribution in [0.1, 0.15) is 30.4 Å². The first-order valence-corrected chi connectivity index (χ1v) is 12.7. The molecule has 1 aliphatic rings. The lowest BCUT2D eigenvalue weighted by atomic mass is 10.2.